The highest BCUT2D eigenvalue weighted by Crippen LogP contribution is 2.30. The number of ether oxygens (including phenoxy) is 1. The third-order valence-electron chi connectivity index (χ3n) is 6.07. The van der Waals surface area contributed by atoms with Crippen molar-refractivity contribution in [2.24, 2.45) is 5.92 Å². The van der Waals surface area contributed by atoms with Crippen molar-refractivity contribution in [3.63, 3.8) is 0 Å². The summed E-state index contributed by atoms with van der Waals surface area (Å²) in [5.74, 6) is 1.51. The van der Waals surface area contributed by atoms with Crippen molar-refractivity contribution in [1.29, 1.82) is 0 Å². The van der Waals surface area contributed by atoms with Gasteiger partial charge in [0, 0.05) is 37.1 Å². The summed E-state index contributed by atoms with van der Waals surface area (Å²) < 4.78 is 5.89. The number of aryl methyl sites for hydroxylation is 1. The number of carbonyl (C=O) groups is 2. The van der Waals surface area contributed by atoms with Crippen molar-refractivity contribution in [2.75, 3.05) is 31.6 Å². The molecule has 1 fully saturated rings. The predicted molar refractivity (Wildman–Crippen MR) is 122 cm³/mol. The fraction of sp³-hybridized carbons (Fsp3) is 0.520. The second kappa shape index (κ2) is 10.1. The number of anilines is 1. The van der Waals surface area contributed by atoms with Crippen molar-refractivity contribution in [1.82, 2.24) is 9.88 Å². The molecule has 0 unspecified atom stereocenters. The highest BCUT2D eigenvalue weighted by atomic mass is 16.5. The van der Waals surface area contributed by atoms with Gasteiger partial charge in [-0.2, -0.15) is 0 Å². The molecule has 2 aliphatic carbocycles. The van der Waals surface area contributed by atoms with Gasteiger partial charge in [-0.3, -0.25) is 9.59 Å². The highest BCUT2D eigenvalue weighted by Gasteiger charge is 2.26. The van der Waals surface area contributed by atoms with E-state index in [1.165, 1.54) is 32.4 Å². The van der Waals surface area contributed by atoms with Crippen LogP contribution in [0.1, 0.15) is 71.9 Å². The molecule has 1 amide bonds. The number of Topliss-reactive ketones (excluding diaryl/α,β-unsaturated/α-hetero) is 1. The van der Waals surface area contributed by atoms with Crippen LogP contribution in [0.15, 0.2) is 30.5 Å². The SMILES string of the molecule is CCCN(CCCOc1ccc(NC(=O)c2c[nH]c3c2C(=O)CCC3)cc1)CC1CC1. The number of nitrogens with zero attached hydrogens (tertiary/aromatic N) is 1. The number of amides is 1. The molecule has 0 radical (unpaired) electrons. The number of nitrogens with one attached hydrogen (secondary N) is 2. The molecule has 2 N–H and O–H groups in total. The summed E-state index contributed by atoms with van der Waals surface area (Å²) in [7, 11) is 0. The molecule has 1 aromatic carbocycles. The number of H-pyrrole nitrogens is 1. The monoisotopic (exact) mass is 423 g/mol. The van der Waals surface area contributed by atoms with Gasteiger partial charge in [0.05, 0.1) is 17.7 Å². The second-order valence-electron chi connectivity index (χ2n) is 8.76. The number of aromatic amines is 1. The van der Waals surface area contributed by atoms with Crippen molar-refractivity contribution in [3.8, 4) is 5.75 Å². The highest BCUT2D eigenvalue weighted by molar-refractivity contribution is 6.13. The molecule has 31 heavy (non-hydrogen) atoms. The first kappa shape index (κ1) is 21.6. The van der Waals surface area contributed by atoms with E-state index in [0.717, 1.165) is 43.2 Å². The Morgan fingerprint density at radius 2 is 2.00 bits per heavy atom. The van der Waals surface area contributed by atoms with Gasteiger partial charge in [0.15, 0.2) is 5.78 Å². The minimum absolute atomic E-state index is 0.0473. The van der Waals surface area contributed by atoms with Crippen LogP contribution in [0.2, 0.25) is 0 Å². The van der Waals surface area contributed by atoms with Crippen molar-refractivity contribution in [2.45, 2.75) is 51.9 Å². The fourth-order valence-corrected chi connectivity index (χ4v) is 4.30. The van der Waals surface area contributed by atoms with Crippen LogP contribution in [0, 0.1) is 5.92 Å². The maximum Gasteiger partial charge on any atom is 0.257 e. The number of aromatic nitrogens is 1. The third kappa shape index (κ3) is 5.76. The molecular formula is C25H33N3O3. The van der Waals surface area contributed by atoms with Gasteiger partial charge < -0.3 is 19.9 Å². The van der Waals surface area contributed by atoms with E-state index in [1.54, 1.807) is 6.20 Å². The standard InChI is InChI=1S/C25H33N3O3/c1-2-13-28(17-18-7-8-18)14-4-15-31-20-11-9-19(10-12-20)27-25(30)21-16-26-22-5-3-6-23(29)24(21)22/h9-12,16,18,26H,2-8,13-15,17H2,1H3,(H,27,30). The maximum absolute atomic E-state index is 12.7. The zero-order valence-corrected chi connectivity index (χ0v) is 18.4. The van der Waals surface area contributed by atoms with E-state index in [1.807, 2.05) is 24.3 Å². The summed E-state index contributed by atoms with van der Waals surface area (Å²) >= 11 is 0. The fourth-order valence-electron chi connectivity index (χ4n) is 4.30. The first-order valence-corrected chi connectivity index (χ1v) is 11.6. The quantitative estimate of drug-likeness (QED) is 0.515. The molecular weight excluding hydrogens is 390 g/mol. The number of fused-ring (bicyclic) bond motifs is 1. The molecule has 2 aromatic rings. The summed E-state index contributed by atoms with van der Waals surface area (Å²) in [5.41, 5.74) is 2.55. The van der Waals surface area contributed by atoms with Crippen LogP contribution in [-0.4, -0.2) is 47.8 Å². The van der Waals surface area contributed by atoms with Gasteiger partial charge in [-0.25, -0.2) is 0 Å². The summed E-state index contributed by atoms with van der Waals surface area (Å²) in [5, 5.41) is 2.89. The van der Waals surface area contributed by atoms with E-state index in [4.69, 9.17) is 4.74 Å². The van der Waals surface area contributed by atoms with E-state index in [-0.39, 0.29) is 11.7 Å². The zero-order valence-electron chi connectivity index (χ0n) is 18.4. The van der Waals surface area contributed by atoms with Crippen LogP contribution in [0.5, 0.6) is 5.75 Å². The van der Waals surface area contributed by atoms with Crippen LogP contribution in [0.4, 0.5) is 5.69 Å². The lowest BCUT2D eigenvalue weighted by Gasteiger charge is -2.21. The minimum atomic E-state index is -0.256. The second-order valence-corrected chi connectivity index (χ2v) is 8.76. The van der Waals surface area contributed by atoms with Gasteiger partial charge in [0.25, 0.3) is 5.91 Å². The third-order valence-corrected chi connectivity index (χ3v) is 6.07. The Bertz CT molecular complexity index is 899. The number of benzene rings is 1. The molecule has 6 nitrogen and oxygen atoms in total. The van der Waals surface area contributed by atoms with Gasteiger partial charge in [0.2, 0.25) is 0 Å². The average Bonchev–Trinajstić information content (AvgIpc) is 3.47. The van der Waals surface area contributed by atoms with Crippen LogP contribution >= 0.6 is 0 Å². The Labute approximate surface area is 184 Å². The molecule has 0 spiro atoms. The molecule has 1 aromatic heterocycles. The molecule has 2 aliphatic rings. The number of hydrogen-bond acceptors (Lipinski definition) is 4. The van der Waals surface area contributed by atoms with E-state index in [0.29, 0.717) is 29.8 Å². The Morgan fingerprint density at radius 3 is 2.74 bits per heavy atom. The van der Waals surface area contributed by atoms with Crippen molar-refractivity contribution in [3.05, 3.63) is 47.3 Å². The summed E-state index contributed by atoms with van der Waals surface area (Å²) in [6.07, 6.45) is 8.80. The number of ketones is 1. The normalized spacial score (nSPS) is 15.7. The number of carbonyl (C=O) groups excluding carboxylic acids is 2. The topological polar surface area (TPSA) is 74.4 Å². The summed E-state index contributed by atoms with van der Waals surface area (Å²) in [6.45, 7) is 6.41. The van der Waals surface area contributed by atoms with Gasteiger partial charge in [-0.1, -0.05) is 6.92 Å². The first-order chi connectivity index (χ1) is 15.1. The lowest BCUT2D eigenvalue weighted by Crippen LogP contribution is -2.29. The summed E-state index contributed by atoms with van der Waals surface area (Å²) in [4.78, 5) is 30.5. The Kier molecular flexibility index (Phi) is 7.07. The molecule has 0 bridgehead atoms. The van der Waals surface area contributed by atoms with Crippen LogP contribution < -0.4 is 10.1 Å². The largest absolute Gasteiger partial charge is 0.494 e. The van der Waals surface area contributed by atoms with Crippen LogP contribution in [0.25, 0.3) is 0 Å². The molecule has 1 heterocycles. The summed E-state index contributed by atoms with van der Waals surface area (Å²) in [6, 6.07) is 7.43. The van der Waals surface area contributed by atoms with E-state index in [9.17, 15) is 9.59 Å². The van der Waals surface area contributed by atoms with Crippen molar-refractivity contribution >= 4 is 17.4 Å². The first-order valence-electron chi connectivity index (χ1n) is 11.6. The molecule has 0 aliphatic heterocycles. The molecule has 0 saturated heterocycles. The van der Waals surface area contributed by atoms with Gasteiger partial charge in [0.1, 0.15) is 5.75 Å². The lowest BCUT2D eigenvalue weighted by molar-refractivity contribution is 0.0956. The Hall–Kier alpha value is -2.60. The number of hydrogen-bond donors (Lipinski definition) is 2. The minimum Gasteiger partial charge on any atom is -0.494 e. The van der Waals surface area contributed by atoms with E-state index in [2.05, 4.69) is 22.1 Å². The molecule has 6 heteroatoms. The molecule has 4 rings (SSSR count). The number of rotatable bonds is 11. The van der Waals surface area contributed by atoms with Crippen molar-refractivity contribution < 1.29 is 14.3 Å². The van der Waals surface area contributed by atoms with Crippen LogP contribution in [0.3, 0.4) is 0 Å². The molecule has 166 valence electrons. The van der Waals surface area contributed by atoms with E-state index < -0.39 is 0 Å². The van der Waals surface area contributed by atoms with Gasteiger partial charge in [-0.05, 0) is 75.3 Å². The molecule has 0 atom stereocenters. The average molecular weight is 424 g/mol. The zero-order chi connectivity index (χ0) is 21.6. The maximum atomic E-state index is 12.7. The Morgan fingerprint density at radius 1 is 1.19 bits per heavy atom. The lowest BCUT2D eigenvalue weighted by atomic mass is 9.93. The van der Waals surface area contributed by atoms with Crippen LogP contribution in [-0.2, 0) is 6.42 Å². The Balaban J connectivity index is 1.24. The van der Waals surface area contributed by atoms with Gasteiger partial charge in [-0.15, -0.1) is 0 Å². The molecule has 1 saturated carbocycles. The predicted octanol–water partition coefficient (Wildman–Crippen LogP) is 4.68. The van der Waals surface area contributed by atoms with Gasteiger partial charge >= 0.3 is 0 Å². The smallest absolute Gasteiger partial charge is 0.257 e. The van der Waals surface area contributed by atoms with E-state index >= 15 is 0 Å².